The first kappa shape index (κ1) is 17.9. The van der Waals surface area contributed by atoms with Crippen LogP contribution in [-0.4, -0.2) is 55.9 Å². The third-order valence-electron chi connectivity index (χ3n) is 4.34. The molecule has 0 spiro atoms. The second kappa shape index (κ2) is 7.13. The Hall–Kier alpha value is -1.93. The summed E-state index contributed by atoms with van der Waals surface area (Å²) in [5.74, 6) is 1.57. The van der Waals surface area contributed by atoms with Gasteiger partial charge in [0.25, 0.3) is 5.95 Å². The van der Waals surface area contributed by atoms with Gasteiger partial charge in [0.05, 0.1) is 4.90 Å². The number of hydrogen-bond donors (Lipinski definition) is 0. The van der Waals surface area contributed by atoms with Crippen LogP contribution in [0.2, 0.25) is 0 Å². The first-order chi connectivity index (χ1) is 11.8. The van der Waals surface area contributed by atoms with Crippen molar-refractivity contribution in [3.63, 3.8) is 0 Å². The summed E-state index contributed by atoms with van der Waals surface area (Å²) in [7, 11) is -3.14. The molecule has 2 heterocycles. The Morgan fingerprint density at radius 3 is 2.28 bits per heavy atom. The van der Waals surface area contributed by atoms with Crippen LogP contribution in [0, 0.1) is 0 Å². The molecule has 2 aromatic rings. The van der Waals surface area contributed by atoms with Crippen LogP contribution >= 0.6 is 0 Å². The summed E-state index contributed by atoms with van der Waals surface area (Å²) in [6.07, 6.45) is 1.23. The highest BCUT2D eigenvalue weighted by molar-refractivity contribution is 7.90. The van der Waals surface area contributed by atoms with Crippen molar-refractivity contribution in [1.29, 1.82) is 0 Å². The van der Waals surface area contributed by atoms with E-state index in [9.17, 15) is 8.42 Å². The predicted octanol–water partition coefficient (Wildman–Crippen LogP) is 1.92. The van der Waals surface area contributed by atoms with E-state index < -0.39 is 9.84 Å². The van der Waals surface area contributed by atoms with Crippen molar-refractivity contribution in [2.45, 2.75) is 31.2 Å². The molecule has 1 aliphatic heterocycles. The van der Waals surface area contributed by atoms with Gasteiger partial charge in [-0.15, -0.1) is 0 Å². The monoisotopic (exact) mass is 364 g/mol. The first-order valence-corrected chi connectivity index (χ1v) is 10.3. The fourth-order valence-corrected chi connectivity index (χ4v) is 3.43. The standard InChI is InChI=1S/C17H24N4O3S/c1-13(2)16-18-17(19-24-16)21-10-8-20(9-11-21)12-14-4-6-15(7-5-14)25(3,22)23/h4-7,13H,8-12H2,1-3H3. The topological polar surface area (TPSA) is 79.5 Å². The minimum absolute atomic E-state index is 0.234. The zero-order valence-electron chi connectivity index (χ0n) is 14.8. The first-order valence-electron chi connectivity index (χ1n) is 8.43. The third kappa shape index (κ3) is 4.38. The minimum Gasteiger partial charge on any atom is -0.337 e. The molecule has 0 N–H and O–H groups in total. The summed E-state index contributed by atoms with van der Waals surface area (Å²) in [5.41, 5.74) is 1.11. The maximum absolute atomic E-state index is 11.5. The van der Waals surface area contributed by atoms with Gasteiger partial charge in [0, 0.05) is 44.9 Å². The molecule has 0 saturated carbocycles. The van der Waals surface area contributed by atoms with Gasteiger partial charge in [0.15, 0.2) is 9.84 Å². The molecule has 1 aromatic heterocycles. The molecule has 1 saturated heterocycles. The molecular weight excluding hydrogens is 340 g/mol. The molecule has 0 unspecified atom stereocenters. The molecule has 8 heteroatoms. The number of anilines is 1. The number of sulfone groups is 1. The highest BCUT2D eigenvalue weighted by atomic mass is 32.2. The van der Waals surface area contributed by atoms with Crippen molar-refractivity contribution in [3.05, 3.63) is 35.7 Å². The molecule has 1 aromatic carbocycles. The van der Waals surface area contributed by atoms with Crippen LogP contribution < -0.4 is 4.90 Å². The number of rotatable bonds is 5. The van der Waals surface area contributed by atoms with Crippen LogP contribution in [0.3, 0.4) is 0 Å². The van der Waals surface area contributed by atoms with E-state index in [1.54, 1.807) is 12.1 Å². The summed E-state index contributed by atoms with van der Waals surface area (Å²) in [4.78, 5) is 9.29. The summed E-state index contributed by atoms with van der Waals surface area (Å²) < 4.78 is 28.3. The SMILES string of the molecule is CC(C)c1nc(N2CCN(Cc3ccc(S(C)(=O)=O)cc3)CC2)no1. The molecular formula is C17H24N4O3S. The van der Waals surface area contributed by atoms with Crippen molar-refractivity contribution in [3.8, 4) is 0 Å². The van der Waals surface area contributed by atoms with E-state index >= 15 is 0 Å². The fraction of sp³-hybridized carbons (Fsp3) is 0.529. The van der Waals surface area contributed by atoms with Crippen molar-refractivity contribution < 1.29 is 12.9 Å². The third-order valence-corrected chi connectivity index (χ3v) is 5.47. The second-order valence-electron chi connectivity index (χ2n) is 6.77. The Kier molecular flexibility index (Phi) is 5.10. The van der Waals surface area contributed by atoms with Gasteiger partial charge in [-0.25, -0.2) is 8.42 Å². The van der Waals surface area contributed by atoms with Gasteiger partial charge in [0.1, 0.15) is 0 Å². The largest absolute Gasteiger partial charge is 0.337 e. The molecule has 0 amide bonds. The fourth-order valence-electron chi connectivity index (χ4n) is 2.80. The zero-order chi connectivity index (χ0) is 18.0. The van der Waals surface area contributed by atoms with Crippen molar-refractivity contribution in [2.24, 2.45) is 0 Å². The van der Waals surface area contributed by atoms with Gasteiger partial charge >= 0.3 is 0 Å². The lowest BCUT2D eigenvalue weighted by Gasteiger charge is -2.33. The molecule has 136 valence electrons. The Balaban J connectivity index is 1.55. The van der Waals surface area contributed by atoms with Crippen LogP contribution in [0.15, 0.2) is 33.7 Å². The number of hydrogen-bond acceptors (Lipinski definition) is 7. The van der Waals surface area contributed by atoms with E-state index in [2.05, 4.69) is 19.9 Å². The van der Waals surface area contributed by atoms with Crippen LogP contribution in [-0.2, 0) is 16.4 Å². The zero-order valence-corrected chi connectivity index (χ0v) is 15.7. The molecule has 0 atom stereocenters. The molecule has 7 nitrogen and oxygen atoms in total. The maximum atomic E-state index is 11.5. The van der Waals surface area contributed by atoms with Crippen LogP contribution in [0.4, 0.5) is 5.95 Å². The average molecular weight is 364 g/mol. The number of aromatic nitrogens is 2. The van der Waals surface area contributed by atoms with E-state index in [0.717, 1.165) is 38.3 Å². The molecule has 3 rings (SSSR count). The van der Waals surface area contributed by atoms with Gasteiger partial charge in [-0.3, -0.25) is 4.90 Å². The number of piperazine rings is 1. The molecule has 0 aliphatic carbocycles. The van der Waals surface area contributed by atoms with Gasteiger partial charge in [-0.2, -0.15) is 4.98 Å². The van der Waals surface area contributed by atoms with E-state index in [4.69, 9.17) is 4.52 Å². The summed E-state index contributed by atoms with van der Waals surface area (Å²) in [5, 5.41) is 4.07. The second-order valence-corrected chi connectivity index (χ2v) is 8.78. The molecule has 1 aliphatic rings. The molecule has 0 bridgehead atoms. The van der Waals surface area contributed by atoms with Gasteiger partial charge in [-0.1, -0.05) is 26.0 Å². The van der Waals surface area contributed by atoms with E-state index in [1.165, 1.54) is 6.26 Å². The Morgan fingerprint density at radius 2 is 1.76 bits per heavy atom. The van der Waals surface area contributed by atoms with Crippen molar-refractivity contribution in [2.75, 3.05) is 37.3 Å². The quantitative estimate of drug-likeness (QED) is 0.802. The predicted molar refractivity (Wildman–Crippen MR) is 95.4 cm³/mol. The smallest absolute Gasteiger partial charge is 0.266 e. The average Bonchev–Trinajstić information content (AvgIpc) is 3.05. The van der Waals surface area contributed by atoms with Crippen LogP contribution in [0.1, 0.15) is 31.2 Å². The molecule has 1 fully saturated rings. The molecule has 25 heavy (non-hydrogen) atoms. The summed E-state index contributed by atoms with van der Waals surface area (Å²) in [6.45, 7) is 8.37. The lowest BCUT2D eigenvalue weighted by atomic mass is 10.2. The lowest BCUT2D eigenvalue weighted by molar-refractivity contribution is 0.248. The highest BCUT2D eigenvalue weighted by Crippen LogP contribution is 2.18. The number of nitrogens with zero attached hydrogens (tertiary/aromatic N) is 4. The van der Waals surface area contributed by atoms with E-state index in [-0.39, 0.29) is 5.92 Å². The van der Waals surface area contributed by atoms with Gasteiger partial charge in [0.2, 0.25) is 5.89 Å². The van der Waals surface area contributed by atoms with Crippen molar-refractivity contribution in [1.82, 2.24) is 15.0 Å². The molecule has 0 radical (unpaired) electrons. The van der Waals surface area contributed by atoms with E-state index in [1.807, 2.05) is 26.0 Å². The number of benzene rings is 1. The van der Waals surface area contributed by atoms with Gasteiger partial charge in [-0.05, 0) is 22.9 Å². The van der Waals surface area contributed by atoms with E-state index in [0.29, 0.717) is 16.7 Å². The Bertz CT molecular complexity index is 807. The Labute approximate surface area is 148 Å². The lowest BCUT2D eigenvalue weighted by Crippen LogP contribution is -2.46. The Morgan fingerprint density at radius 1 is 1.12 bits per heavy atom. The van der Waals surface area contributed by atoms with Crippen molar-refractivity contribution >= 4 is 15.8 Å². The van der Waals surface area contributed by atoms with Crippen LogP contribution in [0.25, 0.3) is 0 Å². The maximum Gasteiger partial charge on any atom is 0.266 e. The van der Waals surface area contributed by atoms with Gasteiger partial charge < -0.3 is 9.42 Å². The summed E-state index contributed by atoms with van der Waals surface area (Å²) in [6, 6.07) is 7.12. The minimum atomic E-state index is -3.14. The van der Waals surface area contributed by atoms with Crippen LogP contribution in [0.5, 0.6) is 0 Å². The summed E-state index contributed by atoms with van der Waals surface area (Å²) >= 11 is 0. The highest BCUT2D eigenvalue weighted by Gasteiger charge is 2.21. The normalized spacial score (nSPS) is 16.6.